The Bertz CT molecular complexity index is 528. The van der Waals surface area contributed by atoms with Crippen molar-refractivity contribution in [2.45, 2.75) is 45.4 Å². The lowest BCUT2D eigenvalue weighted by Gasteiger charge is -2.32. The molecule has 0 N–H and O–H groups in total. The first-order chi connectivity index (χ1) is 10.4. The molecule has 1 atom stereocenters. The summed E-state index contributed by atoms with van der Waals surface area (Å²) >= 11 is 0. The number of rotatable bonds is 4. The molecule has 0 bridgehead atoms. The van der Waals surface area contributed by atoms with E-state index in [0.29, 0.717) is 25.9 Å². The van der Waals surface area contributed by atoms with Gasteiger partial charge in [-0.2, -0.15) is 4.39 Å². The summed E-state index contributed by atoms with van der Waals surface area (Å²) in [5, 5.41) is 0. The van der Waals surface area contributed by atoms with Crippen molar-refractivity contribution in [2.75, 3.05) is 13.1 Å². The Kier molecular flexibility index (Phi) is 5.32. The third kappa shape index (κ3) is 3.93. The van der Waals surface area contributed by atoms with Crippen LogP contribution >= 0.6 is 0 Å². The maximum absolute atomic E-state index is 13.2. The maximum Gasteiger partial charge on any atom is 0.304 e. The molecule has 1 amide bonds. The topological polar surface area (TPSA) is 29.5 Å². The molecule has 0 spiro atoms. The number of aryl methyl sites for hydroxylation is 1. The van der Waals surface area contributed by atoms with Crippen LogP contribution < -0.4 is 4.74 Å². The van der Waals surface area contributed by atoms with Gasteiger partial charge in [0.05, 0.1) is 0 Å². The second kappa shape index (κ2) is 7.03. The fourth-order valence-corrected chi connectivity index (χ4v) is 2.76. The highest BCUT2D eigenvalue weighted by Gasteiger charge is 2.27. The number of alkyl halides is 3. The SMILES string of the molecule is CC(=O)N1CCC(c2ccc(C)cc2OC(F)C(F)F)CC1. The normalized spacial score (nSPS) is 17.6. The molecular formula is C16H20F3NO2. The molecule has 6 heteroatoms. The van der Waals surface area contributed by atoms with E-state index in [0.717, 1.165) is 11.1 Å². The lowest BCUT2D eigenvalue weighted by molar-refractivity contribution is -0.129. The van der Waals surface area contributed by atoms with E-state index >= 15 is 0 Å². The Morgan fingerprint density at radius 3 is 2.45 bits per heavy atom. The van der Waals surface area contributed by atoms with E-state index in [9.17, 15) is 18.0 Å². The van der Waals surface area contributed by atoms with Crippen LogP contribution in [0, 0.1) is 6.92 Å². The van der Waals surface area contributed by atoms with Crippen molar-refractivity contribution in [1.82, 2.24) is 4.90 Å². The smallest absolute Gasteiger partial charge is 0.304 e. The number of carbonyl (C=O) groups is 1. The van der Waals surface area contributed by atoms with Crippen LogP contribution in [0.3, 0.4) is 0 Å². The highest BCUT2D eigenvalue weighted by Crippen LogP contribution is 2.35. The first-order valence-electron chi connectivity index (χ1n) is 7.33. The summed E-state index contributed by atoms with van der Waals surface area (Å²) in [6.45, 7) is 4.55. The second-order valence-corrected chi connectivity index (χ2v) is 5.63. The molecule has 1 aromatic carbocycles. The van der Waals surface area contributed by atoms with Crippen molar-refractivity contribution in [3.8, 4) is 5.75 Å². The fraction of sp³-hybridized carbons (Fsp3) is 0.562. The monoisotopic (exact) mass is 315 g/mol. The molecule has 1 aliphatic heterocycles. The second-order valence-electron chi connectivity index (χ2n) is 5.63. The predicted octanol–water partition coefficient (Wildman–Crippen LogP) is 3.66. The number of amides is 1. The summed E-state index contributed by atoms with van der Waals surface area (Å²) in [7, 11) is 0. The molecule has 22 heavy (non-hydrogen) atoms. The quantitative estimate of drug-likeness (QED) is 0.848. The minimum Gasteiger partial charge on any atom is -0.454 e. The summed E-state index contributed by atoms with van der Waals surface area (Å²) in [5.74, 6) is 0.283. The standard InChI is InChI=1S/C16H20F3NO2/c1-10-3-4-13(14(9-10)22-16(19)15(17)18)12-5-7-20(8-6-12)11(2)21/h3-4,9,12,15-16H,5-8H2,1-2H3. The number of piperidine rings is 1. The van der Waals surface area contributed by atoms with Gasteiger partial charge in [-0.05, 0) is 42.9 Å². The molecule has 122 valence electrons. The van der Waals surface area contributed by atoms with Crippen molar-refractivity contribution in [1.29, 1.82) is 0 Å². The average Bonchev–Trinajstić information content (AvgIpc) is 2.47. The van der Waals surface area contributed by atoms with Crippen LogP contribution in [0.5, 0.6) is 5.75 Å². The van der Waals surface area contributed by atoms with Gasteiger partial charge in [0.2, 0.25) is 5.91 Å². The predicted molar refractivity (Wildman–Crippen MR) is 76.9 cm³/mol. The third-order valence-electron chi connectivity index (χ3n) is 3.99. The molecule has 1 aromatic rings. The van der Waals surface area contributed by atoms with E-state index in [1.807, 2.05) is 6.07 Å². The molecule has 0 aromatic heterocycles. The average molecular weight is 315 g/mol. The number of ether oxygens (including phenoxy) is 1. The maximum atomic E-state index is 13.2. The Hall–Kier alpha value is -1.72. The van der Waals surface area contributed by atoms with Gasteiger partial charge in [0, 0.05) is 20.0 Å². The number of carbonyl (C=O) groups excluding carboxylic acids is 1. The van der Waals surface area contributed by atoms with Crippen molar-refractivity contribution in [2.24, 2.45) is 0 Å². The number of benzene rings is 1. The number of hydrogen-bond donors (Lipinski definition) is 0. The van der Waals surface area contributed by atoms with Gasteiger partial charge in [0.25, 0.3) is 6.36 Å². The van der Waals surface area contributed by atoms with E-state index in [-0.39, 0.29) is 17.6 Å². The molecular weight excluding hydrogens is 295 g/mol. The van der Waals surface area contributed by atoms with Gasteiger partial charge in [0.1, 0.15) is 5.75 Å². The zero-order valence-electron chi connectivity index (χ0n) is 12.7. The van der Waals surface area contributed by atoms with Gasteiger partial charge in [-0.1, -0.05) is 12.1 Å². The molecule has 0 aliphatic carbocycles. The molecule has 1 unspecified atom stereocenters. The highest BCUT2D eigenvalue weighted by molar-refractivity contribution is 5.73. The van der Waals surface area contributed by atoms with Crippen molar-refractivity contribution >= 4 is 5.91 Å². The molecule has 1 fully saturated rings. The lowest BCUT2D eigenvalue weighted by atomic mass is 9.88. The molecule has 1 heterocycles. The van der Waals surface area contributed by atoms with Gasteiger partial charge < -0.3 is 9.64 Å². The summed E-state index contributed by atoms with van der Waals surface area (Å²) < 4.78 is 42.8. The van der Waals surface area contributed by atoms with Gasteiger partial charge >= 0.3 is 6.43 Å². The number of hydrogen-bond acceptors (Lipinski definition) is 2. The summed E-state index contributed by atoms with van der Waals surface area (Å²) in [4.78, 5) is 13.1. The van der Waals surface area contributed by atoms with E-state index in [2.05, 4.69) is 0 Å². The largest absolute Gasteiger partial charge is 0.454 e. The molecule has 1 saturated heterocycles. The molecule has 3 nitrogen and oxygen atoms in total. The minimum absolute atomic E-state index is 0.0281. The van der Waals surface area contributed by atoms with Gasteiger partial charge in [0.15, 0.2) is 0 Å². The fourth-order valence-electron chi connectivity index (χ4n) is 2.76. The van der Waals surface area contributed by atoms with Crippen LogP contribution in [0.1, 0.15) is 36.8 Å². The van der Waals surface area contributed by atoms with Crippen molar-refractivity contribution in [3.63, 3.8) is 0 Å². The molecule has 0 saturated carbocycles. The van der Waals surface area contributed by atoms with Crippen LogP contribution in [0.4, 0.5) is 13.2 Å². The molecule has 1 aliphatic rings. The van der Waals surface area contributed by atoms with E-state index in [1.54, 1.807) is 24.0 Å². The summed E-state index contributed by atoms with van der Waals surface area (Å²) in [6, 6.07) is 5.24. The number of likely N-dealkylation sites (tertiary alicyclic amines) is 1. The molecule has 2 rings (SSSR count). The van der Waals surface area contributed by atoms with E-state index in [1.165, 1.54) is 6.92 Å². The minimum atomic E-state index is -3.17. The van der Waals surface area contributed by atoms with Crippen LogP contribution in [0.15, 0.2) is 18.2 Å². The van der Waals surface area contributed by atoms with Gasteiger partial charge in [-0.25, -0.2) is 8.78 Å². The van der Waals surface area contributed by atoms with Crippen LogP contribution in [0.2, 0.25) is 0 Å². The lowest BCUT2D eigenvalue weighted by Crippen LogP contribution is -2.36. The first kappa shape index (κ1) is 16.6. The van der Waals surface area contributed by atoms with Crippen LogP contribution in [-0.2, 0) is 4.79 Å². The number of nitrogens with zero attached hydrogens (tertiary/aromatic N) is 1. The number of halogens is 3. The van der Waals surface area contributed by atoms with Crippen LogP contribution in [0.25, 0.3) is 0 Å². The molecule has 0 radical (unpaired) electrons. The van der Waals surface area contributed by atoms with Gasteiger partial charge in [-0.3, -0.25) is 4.79 Å². The zero-order valence-corrected chi connectivity index (χ0v) is 12.7. The summed E-state index contributed by atoms with van der Waals surface area (Å²) in [6.07, 6.45) is -4.37. The van der Waals surface area contributed by atoms with E-state index in [4.69, 9.17) is 4.74 Å². The van der Waals surface area contributed by atoms with Crippen molar-refractivity contribution in [3.05, 3.63) is 29.3 Å². The highest BCUT2D eigenvalue weighted by atomic mass is 19.3. The van der Waals surface area contributed by atoms with Gasteiger partial charge in [-0.15, -0.1) is 0 Å². The first-order valence-corrected chi connectivity index (χ1v) is 7.33. The van der Waals surface area contributed by atoms with Crippen molar-refractivity contribution < 1.29 is 22.7 Å². The Morgan fingerprint density at radius 2 is 1.91 bits per heavy atom. The summed E-state index contributed by atoms with van der Waals surface area (Å²) in [5.41, 5.74) is 1.55. The Morgan fingerprint density at radius 1 is 1.27 bits per heavy atom. The van der Waals surface area contributed by atoms with Crippen LogP contribution in [-0.4, -0.2) is 36.7 Å². The van der Waals surface area contributed by atoms with E-state index < -0.39 is 12.8 Å². The third-order valence-corrected chi connectivity index (χ3v) is 3.99. The zero-order chi connectivity index (χ0) is 16.3. The Labute approximate surface area is 128 Å². The Balaban J connectivity index is 2.15.